The molecule has 1 heterocycles. The molecule has 0 unspecified atom stereocenters. The summed E-state index contributed by atoms with van der Waals surface area (Å²) in [6.45, 7) is 1.52. The van der Waals surface area contributed by atoms with Crippen LogP contribution in [-0.4, -0.2) is 30.8 Å². The second-order valence-corrected chi connectivity index (χ2v) is 6.64. The van der Waals surface area contributed by atoms with E-state index in [0.717, 1.165) is 21.3 Å². The predicted octanol–water partition coefficient (Wildman–Crippen LogP) is 4.16. The average Bonchev–Trinajstić information content (AvgIpc) is 3.07. The highest BCUT2D eigenvalue weighted by molar-refractivity contribution is 9.10. The Hall–Kier alpha value is -2.34. The van der Waals surface area contributed by atoms with E-state index in [4.69, 9.17) is 9.47 Å². The van der Waals surface area contributed by atoms with Crippen LogP contribution in [-0.2, 0) is 4.79 Å². The quantitative estimate of drug-likeness (QED) is 0.770. The molecule has 5 nitrogen and oxygen atoms in total. The van der Waals surface area contributed by atoms with Gasteiger partial charge in [0.1, 0.15) is 0 Å². The lowest BCUT2D eigenvalue weighted by Gasteiger charge is -2.23. The van der Waals surface area contributed by atoms with Gasteiger partial charge in [-0.1, -0.05) is 40.2 Å². The molecule has 0 bridgehead atoms. The van der Waals surface area contributed by atoms with Gasteiger partial charge in [0.25, 0.3) is 0 Å². The van der Waals surface area contributed by atoms with Crippen LogP contribution < -0.4 is 9.47 Å². The van der Waals surface area contributed by atoms with Crippen molar-refractivity contribution in [3.05, 3.63) is 58.1 Å². The molecule has 1 atom stereocenters. The first-order chi connectivity index (χ1) is 12.0. The standard InChI is InChI=1S/C19H19BrN2O3/c1-12(23)22-17(15-5-4-6-18(24-2)19(15)25-3)11-16(21-22)13-7-9-14(20)10-8-13/h4-10,17H,11H2,1-3H3/t17-/m0/s1. The second kappa shape index (κ2) is 7.27. The summed E-state index contributed by atoms with van der Waals surface area (Å²) >= 11 is 3.44. The van der Waals surface area contributed by atoms with Gasteiger partial charge in [0.05, 0.1) is 26.0 Å². The van der Waals surface area contributed by atoms with Gasteiger partial charge in [0.15, 0.2) is 11.5 Å². The van der Waals surface area contributed by atoms with Crippen molar-refractivity contribution >= 4 is 27.5 Å². The molecule has 1 aliphatic rings. The number of ether oxygens (including phenoxy) is 2. The number of amides is 1. The van der Waals surface area contributed by atoms with E-state index in [0.29, 0.717) is 17.9 Å². The number of hydrazone groups is 1. The normalized spacial score (nSPS) is 16.6. The summed E-state index contributed by atoms with van der Waals surface area (Å²) in [5, 5.41) is 6.09. The van der Waals surface area contributed by atoms with Gasteiger partial charge in [0.2, 0.25) is 5.91 Å². The zero-order valence-corrected chi connectivity index (χ0v) is 15.9. The molecule has 2 aromatic rings. The lowest BCUT2D eigenvalue weighted by Crippen LogP contribution is -2.24. The van der Waals surface area contributed by atoms with Gasteiger partial charge >= 0.3 is 0 Å². The maximum atomic E-state index is 12.2. The minimum atomic E-state index is -0.221. The van der Waals surface area contributed by atoms with E-state index in [-0.39, 0.29) is 11.9 Å². The highest BCUT2D eigenvalue weighted by Gasteiger charge is 2.34. The predicted molar refractivity (Wildman–Crippen MR) is 100 cm³/mol. The molecule has 0 saturated heterocycles. The van der Waals surface area contributed by atoms with Gasteiger partial charge in [-0.25, -0.2) is 5.01 Å². The number of carbonyl (C=O) groups is 1. The van der Waals surface area contributed by atoms with Gasteiger partial charge in [-0.05, 0) is 23.8 Å². The third kappa shape index (κ3) is 3.39. The summed E-state index contributed by atoms with van der Waals surface area (Å²) in [5.74, 6) is 1.16. The molecule has 25 heavy (non-hydrogen) atoms. The van der Waals surface area contributed by atoms with Crippen molar-refractivity contribution in [2.24, 2.45) is 5.10 Å². The summed E-state index contributed by atoms with van der Waals surface area (Å²) in [7, 11) is 3.20. The number of para-hydroxylation sites is 1. The molecule has 130 valence electrons. The highest BCUT2D eigenvalue weighted by atomic mass is 79.9. The van der Waals surface area contributed by atoms with Crippen LogP contribution in [0.4, 0.5) is 0 Å². The first-order valence-corrected chi connectivity index (χ1v) is 8.68. The molecule has 2 aromatic carbocycles. The third-order valence-electron chi connectivity index (χ3n) is 4.20. The minimum Gasteiger partial charge on any atom is -0.493 e. The highest BCUT2D eigenvalue weighted by Crippen LogP contribution is 2.41. The van der Waals surface area contributed by atoms with Crippen LogP contribution in [0.2, 0.25) is 0 Å². The lowest BCUT2D eigenvalue weighted by atomic mass is 9.97. The Labute approximate surface area is 155 Å². The molecule has 0 saturated carbocycles. The smallest absolute Gasteiger partial charge is 0.240 e. The third-order valence-corrected chi connectivity index (χ3v) is 4.73. The SMILES string of the molecule is COc1cccc([C@@H]2CC(c3ccc(Br)cc3)=NN2C(C)=O)c1OC. The molecular formula is C19H19BrN2O3. The number of halogens is 1. The van der Waals surface area contributed by atoms with Crippen molar-refractivity contribution in [3.8, 4) is 11.5 Å². The molecular weight excluding hydrogens is 384 g/mol. The van der Waals surface area contributed by atoms with Crippen LogP contribution in [0.1, 0.15) is 30.5 Å². The van der Waals surface area contributed by atoms with Gasteiger partial charge in [-0.3, -0.25) is 4.79 Å². The van der Waals surface area contributed by atoms with Crippen LogP contribution in [0.15, 0.2) is 52.0 Å². The Morgan fingerprint density at radius 2 is 1.88 bits per heavy atom. The van der Waals surface area contributed by atoms with Gasteiger partial charge in [-0.2, -0.15) is 5.10 Å². The topological polar surface area (TPSA) is 51.1 Å². The van der Waals surface area contributed by atoms with Gasteiger partial charge in [-0.15, -0.1) is 0 Å². The molecule has 1 amide bonds. The summed E-state index contributed by atoms with van der Waals surface area (Å²) in [5.41, 5.74) is 2.75. The first kappa shape index (κ1) is 17.5. The zero-order valence-electron chi connectivity index (χ0n) is 14.3. The Kier molecular flexibility index (Phi) is 5.08. The van der Waals surface area contributed by atoms with E-state index in [9.17, 15) is 4.79 Å². The molecule has 0 N–H and O–H groups in total. The monoisotopic (exact) mass is 402 g/mol. The Balaban J connectivity index is 2.01. The van der Waals surface area contributed by atoms with Crippen molar-refractivity contribution in [1.82, 2.24) is 5.01 Å². The summed E-state index contributed by atoms with van der Waals surface area (Å²) in [4.78, 5) is 12.2. The fourth-order valence-corrected chi connectivity index (χ4v) is 3.30. The molecule has 0 aromatic heterocycles. The van der Waals surface area contributed by atoms with Crippen molar-refractivity contribution in [1.29, 1.82) is 0 Å². The van der Waals surface area contributed by atoms with E-state index < -0.39 is 0 Å². The summed E-state index contributed by atoms with van der Waals surface area (Å²) in [6.07, 6.45) is 0.616. The van der Waals surface area contributed by atoms with Crippen molar-refractivity contribution < 1.29 is 14.3 Å². The first-order valence-electron chi connectivity index (χ1n) is 7.89. The Bertz CT molecular complexity index is 818. The fraction of sp³-hybridized carbons (Fsp3) is 0.263. The molecule has 0 radical (unpaired) electrons. The molecule has 1 aliphatic heterocycles. The lowest BCUT2D eigenvalue weighted by molar-refractivity contribution is -0.130. The number of hydrogen-bond acceptors (Lipinski definition) is 4. The van der Waals surface area contributed by atoms with Crippen molar-refractivity contribution in [2.45, 2.75) is 19.4 Å². The second-order valence-electron chi connectivity index (χ2n) is 5.72. The van der Waals surface area contributed by atoms with Crippen molar-refractivity contribution in [3.63, 3.8) is 0 Å². The summed E-state index contributed by atoms with van der Waals surface area (Å²) in [6, 6.07) is 13.4. The number of nitrogens with zero attached hydrogens (tertiary/aromatic N) is 2. The summed E-state index contributed by atoms with van der Waals surface area (Å²) < 4.78 is 11.9. The minimum absolute atomic E-state index is 0.109. The molecule has 0 spiro atoms. The van der Waals surface area contributed by atoms with Gasteiger partial charge in [0, 0.05) is 23.4 Å². The maximum Gasteiger partial charge on any atom is 0.240 e. The molecule has 6 heteroatoms. The molecule has 3 rings (SSSR count). The Morgan fingerprint density at radius 3 is 2.48 bits per heavy atom. The van der Waals surface area contributed by atoms with Crippen LogP contribution in [0.5, 0.6) is 11.5 Å². The molecule has 0 aliphatic carbocycles. The van der Waals surface area contributed by atoms with Crippen LogP contribution >= 0.6 is 15.9 Å². The van der Waals surface area contributed by atoms with E-state index >= 15 is 0 Å². The average molecular weight is 403 g/mol. The fourth-order valence-electron chi connectivity index (χ4n) is 3.03. The van der Waals surface area contributed by atoms with Crippen molar-refractivity contribution in [2.75, 3.05) is 14.2 Å². The Morgan fingerprint density at radius 1 is 1.16 bits per heavy atom. The van der Waals surface area contributed by atoms with Crippen LogP contribution in [0.25, 0.3) is 0 Å². The van der Waals surface area contributed by atoms with E-state index in [1.807, 2.05) is 42.5 Å². The number of hydrogen-bond donors (Lipinski definition) is 0. The van der Waals surface area contributed by atoms with E-state index in [1.54, 1.807) is 14.2 Å². The number of methoxy groups -OCH3 is 2. The number of benzene rings is 2. The maximum absolute atomic E-state index is 12.2. The number of carbonyl (C=O) groups excluding carboxylic acids is 1. The largest absolute Gasteiger partial charge is 0.493 e. The van der Waals surface area contributed by atoms with E-state index in [1.165, 1.54) is 11.9 Å². The molecule has 0 fully saturated rings. The van der Waals surface area contributed by atoms with Crippen LogP contribution in [0.3, 0.4) is 0 Å². The number of rotatable bonds is 4. The van der Waals surface area contributed by atoms with Crippen LogP contribution in [0, 0.1) is 0 Å². The zero-order chi connectivity index (χ0) is 18.0. The van der Waals surface area contributed by atoms with Gasteiger partial charge < -0.3 is 9.47 Å². The van der Waals surface area contributed by atoms with E-state index in [2.05, 4.69) is 21.0 Å².